The third-order valence-electron chi connectivity index (χ3n) is 4.30. The summed E-state index contributed by atoms with van der Waals surface area (Å²) in [5.74, 6) is 0.373. The summed E-state index contributed by atoms with van der Waals surface area (Å²) in [7, 11) is -3.06. The molecule has 0 unspecified atom stereocenters. The molecule has 0 radical (unpaired) electrons. The lowest BCUT2D eigenvalue weighted by Gasteiger charge is -2.26. The first-order valence-electron chi connectivity index (χ1n) is 8.37. The number of anilines is 1. The maximum atomic E-state index is 12.3. The van der Waals surface area contributed by atoms with Gasteiger partial charge in [0.05, 0.1) is 18.3 Å². The Morgan fingerprint density at radius 3 is 2.96 bits per heavy atom. The Morgan fingerprint density at radius 2 is 2.19 bits per heavy atom. The summed E-state index contributed by atoms with van der Waals surface area (Å²) in [6.07, 6.45) is 5.65. The molecule has 0 aliphatic heterocycles. The number of carbonyl (C=O) groups excluding carboxylic acids is 1. The van der Waals surface area contributed by atoms with Crippen molar-refractivity contribution in [3.05, 3.63) is 46.6 Å². The summed E-state index contributed by atoms with van der Waals surface area (Å²) in [6, 6.07) is 6.97. The number of rotatable bonds is 5. The minimum absolute atomic E-state index is 0.0000656. The van der Waals surface area contributed by atoms with Crippen LogP contribution in [0, 0.1) is 0 Å². The fraction of sp³-hybridized carbons (Fsp3) is 0.412. The monoisotopic (exact) mass is 396 g/mol. The highest BCUT2D eigenvalue weighted by molar-refractivity contribution is 7.90. The van der Waals surface area contributed by atoms with Crippen molar-refractivity contribution >= 4 is 33.3 Å². The normalized spacial score (nSPS) is 16.8. The summed E-state index contributed by atoms with van der Waals surface area (Å²) in [5, 5.41) is 10.5. The Morgan fingerprint density at radius 1 is 1.38 bits per heavy atom. The highest BCUT2D eigenvalue weighted by atomic mass is 35.5. The van der Waals surface area contributed by atoms with Gasteiger partial charge in [0.1, 0.15) is 9.84 Å². The van der Waals surface area contributed by atoms with Gasteiger partial charge in [0.25, 0.3) is 0 Å². The SMILES string of the molecule is CS(=O)(=O)CCn1ccc(NC(=O)N[C@@H]2CCCc3ccc(Cl)cc32)n1. The van der Waals surface area contributed by atoms with Crippen molar-refractivity contribution in [3.8, 4) is 0 Å². The van der Waals surface area contributed by atoms with Gasteiger partial charge < -0.3 is 5.32 Å². The number of aromatic nitrogens is 2. The first-order chi connectivity index (χ1) is 12.3. The van der Waals surface area contributed by atoms with Crippen LogP contribution in [0.2, 0.25) is 5.02 Å². The minimum Gasteiger partial charge on any atom is -0.331 e. The molecule has 1 atom stereocenters. The molecule has 1 aromatic carbocycles. The van der Waals surface area contributed by atoms with Crippen molar-refractivity contribution in [2.24, 2.45) is 0 Å². The van der Waals surface area contributed by atoms with Gasteiger partial charge in [0, 0.05) is 23.5 Å². The quantitative estimate of drug-likeness (QED) is 0.812. The summed E-state index contributed by atoms with van der Waals surface area (Å²) in [5.41, 5.74) is 2.26. The van der Waals surface area contributed by atoms with E-state index >= 15 is 0 Å². The average Bonchev–Trinajstić information content (AvgIpc) is 3.00. The molecule has 26 heavy (non-hydrogen) atoms. The van der Waals surface area contributed by atoms with E-state index in [0.29, 0.717) is 10.8 Å². The van der Waals surface area contributed by atoms with Crippen molar-refractivity contribution in [1.29, 1.82) is 0 Å². The molecule has 0 fully saturated rings. The molecule has 0 bridgehead atoms. The lowest BCUT2D eigenvalue weighted by molar-refractivity contribution is 0.247. The molecule has 0 saturated carbocycles. The molecule has 1 aliphatic carbocycles. The van der Waals surface area contributed by atoms with E-state index < -0.39 is 9.84 Å². The van der Waals surface area contributed by atoms with Crippen LogP contribution in [0.1, 0.15) is 30.0 Å². The number of nitrogens with zero attached hydrogens (tertiary/aromatic N) is 2. The number of fused-ring (bicyclic) bond motifs is 1. The van der Waals surface area contributed by atoms with E-state index in [4.69, 9.17) is 11.6 Å². The van der Waals surface area contributed by atoms with Crippen LogP contribution in [0.5, 0.6) is 0 Å². The van der Waals surface area contributed by atoms with Gasteiger partial charge in [-0.2, -0.15) is 5.10 Å². The second-order valence-electron chi connectivity index (χ2n) is 6.48. The molecule has 2 N–H and O–H groups in total. The molecular formula is C17H21ClN4O3S. The standard InChI is InChI=1S/C17H21ClN4O3S/c1-26(24,25)10-9-22-8-7-16(21-22)20-17(23)19-15-4-2-3-12-5-6-13(18)11-14(12)15/h5-8,11,15H,2-4,9-10H2,1H3,(H2,19,20,21,23)/t15-/m1/s1. The molecule has 7 nitrogen and oxygen atoms in total. The third kappa shape index (κ3) is 4.98. The first kappa shape index (κ1) is 18.7. The molecule has 1 aromatic heterocycles. The maximum Gasteiger partial charge on any atom is 0.320 e. The molecule has 3 rings (SSSR count). The van der Waals surface area contributed by atoms with Gasteiger partial charge in [0.2, 0.25) is 0 Å². The molecule has 0 saturated heterocycles. The minimum atomic E-state index is -3.06. The van der Waals surface area contributed by atoms with Crippen molar-refractivity contribution in [2.75, 3.05) is 17.3 Å². The molecule has 140 valence electrons. The van der Waals surface area contributed by atoms with Gasteiger partial charge in [-0.05, 0) is 42.5 Å². The smallest absolute Gasteiger partial charge is 0.320 e. The molecule has 1 heterocycles. The Kier molecular flexibility index (Phi) is 5.52. The van der Waals surface area contributed by atoms with Crippen LogP contribution in [0.4, 0.5) is 10.6 Å². The summed E-state index contributed by atoms with van der Waals surface area (Å²) in [4.78, 5) is 12.3. The van der Waals surface area contributed by atoms with Crippen LogP contribution in [-0.2, 0) is 22.8 Å². The molecular weight excluding hydrogens is 376 g/mol. The second-order valence-corrected chi connectivity index (χ2v) is 9.18. The van der Waals surface area contributed by atoms with E-state index in [9.17, 15) is 13.2 Å². The van der Waals surface area contributed by atoms with E-state index in [1.807, 2.05) is 18.2 Å². The van der Waals surface area contributed by atoms with Crippen molar-refractivity contribution in [1.82, 2.24) is 15.1 Å². The van der Waals surface area contributed by atoms with Crippen LogP contribution in [0.3, 0.4) is 0 Å². The zero-order chi connectivity index (χ0) is 18.7. The summed E-state index contributed by atoms with van der Waals surface area (Å²) in [6.45, 7) is 0.247. The van der Waals surface area contributed by atoms with Crippen LogP contribution in [0.25, 0.3) is 0 Å². The summed E-state index contributed by atoms with van der Waals surface area (Å²) < 4.78 is 23.9. The number of sulfone groups is 1. The van der Waals surface area contributed by atoms with E-state index in [1.165, 1.54) is 16.5 Å². The van der Waals surface area contributed by atoms with Crippen molar-refractivity contribution in [2.45, 2.75) is 31.8 Å². The molecule has 2 amide bonds. The second kappa shape index (κ2) is 7.67. The number of carbonyl (C=O) groups is 1. The maximum absolute atomic E-state index is 12.3. The van der Waals surface area contributed by atoms with Crippen molar-refractivity contribution < 1.29 is 13.2 Å². The van der Waals surface area contributed by atoms with Gasteiger partial charge in [-0.3, -0.25) is 10.00 Å². The Labute approximate surface area is 157 Å². The van der Waals surface area contributed by atoms with E-state index in [-0.39, 0.29) is 24.4 Å². The predicted molar refractivity (Wildman–Crippen MR) is 101 cm³/mol. The van der Waals surface area contributed by atoms with Gasteiger partial charge in [-0.1, -0.05) is 17.7 Å². The number of benzene rings is 1. The van der Waals surface area contributed by atoms with Crippen LogP contribution < -0.4 is 10.6 Å². The molecule has 0 spiro atoms. The number of urea groups is 1. The fourth-order valence-corrected chi connectivity index (χ4v) is 3.74. The predicted octanol–water partition coefficient (Wildman–Crippen LogP) is 2.78. The topological polar surface area (TPSA) is 93.1 Å². The number of hydrogen-bond acceptors (Lipinski definition) is 4. The first-order valence-corrected chi connectivity index (χ1v) is 10.8. The van der Waals surface area contributed by atoms with E-state index in [1.54, 1.807) is 12.3 Å². The van der Waals surface area contributed by atoms with Gasteiger partial charge >= 0.3 is 6.03 Å². The van der Waals surface area contributed by atoms with E-state index in [0.717, 1.165) is 24.8 Å². The average molecular weight is 397 g/mol. The fourth-order valence-electron chi connectivity index (χ4n) is 3.04. The lowest BCUT2D eigenvalue weighted by atomic mass is 9.88. The van der Waals surface area contributed by atoms with Crippen LogP contribution >= 0.6 is 11.6 Å². The van der Waals surface area contributed by atoms with Crippen LogP contribution in [0.15, 0.2) is 30.5 Å². The lowest BCUT2D eigenvalue weighted by Crippen LogP contribution is -2.34. The Balaban J connectivity index is 1.60. The third-order valence-corrected chi connectivity index (χ3v) is 5.46. The van der Waals surface area contributed by atoms with Gasteiger partial charge in [-0.15, -0.1) is 0 Å². The number of aryl methyl sites for hydroxylation is 2. The number of halogens is 1. The van der Waals surface area contributed by atoms with Crippen molar-refractivity contribution in [3.63, 3.8) is 0 Å². The molecule has 1 aliphatic rings. The number of nitrogens with one attached hydrogen (secondary N) is 2. The van der Waals surface area contributed by atoms with E-state index in [2.05, 4.69) is 15.7 Å². The highest BCUT2D eigenvalue weighted by Gasteiger charge is 2.22. The zero-order valence-corrected chi connectivity index (χ0v) is 16.0. The largest absolute Gasteiger partial charge is 0.331 e. The summed E-state index contributed by atoms with van der Waals surface area (Å²) >= 11 is 6.09. The number of amides is 2. The molecule has 2 aromatic rings. The highest BCUT2D eigenvalue weighted by Crippen LogP contribution is 2.31. The van der Waals surface area contributed by atoms with Crippen LogP contribution in [-0.4, -0.2) is 36.2 Å². The Hall–Kier alpha value is -2.06. The number of hydrogen-bond donors (Lipinski definition) is 2. The van der Waals surface area contributed by atoms with Gasteiger partial charge in [-0.25, -0.2) is 13.2 Å². The zero-order valence-electron chi connectivity index (χ0n) is 14.4. The molecule has 9 heteroatoms. The Bertz CT molecular complexity index is 910. The van der Waals surface area contributed by atoms with Gasteiger partial charge in [0.15, 0.2) is 5.82 Å².